The Kier molecular flexibility index (Phi) is 8.38. The van der Waals surface area contributed by atoms with E-state index in [4.69, 9.17) is 10.2 Å². The molecule has 0 fully saturated rings. The summed E-state index contributed by atoms with van der Waals surface area (Å²) >= 11 is 0. The molecular weight excluding hydrogens is 207 g/mol. The summed E-state index contributed by atoms with van der Waals surface area (Å²) in [5, 5.41) is 17.8. The Morgan fingerprint density at radius 3 is 1.93 bits per heavy atom. The van der Waals surface area contributed by atoms with Gasteiger partial charge in [-0.2, -0.15) is 0 Å². The van der Waals surface area contributed by atoms with Crippen LogP contribution < -0.4 is 0 Å². The Bertz CT molecular complexity index is 213. The minimum atomic E-state index is -1.66. The molecule has 4 nitrogen and oxygen atoms in total. The zero-order valence-electron chi connectivity index (χ0n) is 8.91. The Morgan fingerprint density at radius 2 is 1.67 bits per heavy atom. The summed E-state index contributed by atoms with van der Waals surface area (Å²) in [6.07, 6.45) is 2.43. The first kappa shape index (κ1) is 17.3. The molecule has 0 aromatic heterocycles. The topological polar surface area (TPSA) is 74.6 Å². The van der Waals surface area contributed by atoms with Crippen LogP contribution in [0.2, 0.25) is 0 Å². The number of carboxylic acids is 2. The number of carboxylic acid groups (broad SMARTS) is 2. The molecule has 1 atom stereocenters. The van der Waals surface area contributed by atoms with Gasteiger partial charge in [0.2, 0.25) is 0 Å². The van der Waals surface area contributed by atoms with E-state index in [0.29, 0.717) is 6.42 Å². The van der Waals surface area contributed by atoms with Crippen molar-refractivity contribution in [3.05, 3.63) is 0 Å². The molecule has 0 aromatic rings. The van der Waals surface area contributed by atoms with E-state index in [1.54, 1.807) is 6.92 Å². The third-order valence-corrected chi connectivity index (χ3v) is 2.86. The Hall–Kier alpha value is -0.0600. The van der Waals surface area contributed by atoms with Gasteiger partial charge in [0.15, 0.2) is 5.41 Å². The first-order valence-electron chi connectivity index (χ1n) is 4.84. The van der Waals surface area contributed by atoms with Crippen LogP contribution >= 0.6 is 0 Å². The summed E-state index contributed by atoms with van der Waals surface area (Å²) in [4.78, 5) is 21.8. The van der Waals surface area contributed by atoms with E-state index in [0.717, 1.165) is 12.8 Å². The summed E-state index contributed by atoms with van der Waals surface area (Å²) in [6.45, 7) is 4.95. The Balaban J connectivity index is 0. The normalized spacial score (nSPS) is 12.7. The number of rotatable bonds is 6. The van der Waals surface area contributed by atoms with Gasteiger partial charge in [-0.25, -0.2) is 0 Å². The molecule has 0 aliphatic heterocycles. The van der Waals surface area contributed by atoms with Crippen LogP contribution in [-0.4, -0.2) is 51.7 Å². The summed E-state index contributed by atoms with van der Waals surface area (Å²) in [5.74, 6) is -2.86. The van der Waals surface area contributed by atoms with E-state index >= 15 is 0 Å². The molecule has 84 valence electrons. The monoisotopic (exact) mass is 226 g/mol. The second-order valence-electron chi connectivity index (χ2n) is 3.86. The molecule has 1 unspecified atom stereocenters. The van der Waals surface area contributed by atoms with Gasteiger partial charge in [-0.3, -0.25) is 9.59 Å². The quantitative estimate of drug-likeness (QED) is 0.529. The summed E-state index contributed by atoms with van der Waals surface area (Å²) < 4.78 is 0. The molecule has 5 heteroatoms. The van der Waals surface area contributed by atoms with Crippen molar-refractivity contribution in [2.75, 3.05) is 0 Å². The average molecular weight is 226 g/mol. The fourth-order valence-electron chi connectivity index (χ4n) is 1.31. The van der Waals surface area contributed by atoms with Crippen LogP contribution in [0.25, 0.3) is 0 Å². The van der Waals surface area contributed by atoms with Gasteiger partial charge in [0.25, 0.3) is 0 Å². The molecule has 15 heavy (non-hydrogen) atoms. The van der Waals surface area contributed by atoms with Crippen molar-refractivity contribution < 1.29 is 19.8 Å². The first-order valence-corrected chi connectivity index (χ1v) is 4.84. The molecule has 0 spiro atoms. The third-order valence-electron chi connectivity index (χ3n) is 2.86. The maximum atomic E-state index is 10.9. The molecular formula is C10H19NaO4. The molecule has 0 saturated carbocycles. The van der Waals surface area contributed by atoms with Crippen molar-refractivity contribution in [2.45, 2.75) is 40.0 Å². The van der Waals surface area contributed by atoms with Gasteiger partial charge in [0.1, 0.15) is 0 Å². The van der Waals surface area contributed by atoms with Gasteiger partial charge in [-0.05, 0) is 19.3 Å². The predicted molar refractivity (Wildman–Crippen MR) is 59.2 cm³/mol. The van der Waals surface area contributed by atoms with Gasteiger partial charge in [0, 0.05) is 0 Å². The number of hydrogen-bond donors (Lipinski definition) is 2. The van der Waals surface area contributed by atoms with E-state index in [-0.39, 0.29) is 35.5 Å². The van der Waals surface area contributed by atoms with E-state index < -0.39 is 17.4 Å². The standard InChI is InChI=1S/C10H18O4.Na.H/c1-4-5-6-7(2)10(3,8(11)12)9(13)14;;/h7H,4-6H2,1-3H3,(H,11,12)(H,13,14);;. The molecule has 0 saturated heterocycles. The first-order chi connectivity index (χ1) is 6.37. The SMILES string of the molecule is CCCCC(C)C(C)(C(=O)O)C(=O)O.[NaH]. The van der Waals surface area contributed by atoms with Crippen LogP contribution in [0.1, 0.15) is 40.0 Å². The molecule has 0 aliphatic rings. The molecule has 0 bridgehead atoms. The Labute approximate surface area is 112 Å². The van der Waals surface area contributed by atoms with E-state index in [1.165, 1.54) is 6.92 Å². The zero-order chi connectivity index (χ0) is 11.4. The van der Waals surface area contributed by atoms with Crippen molar-refractivity contribution in [2.24, 2.45) is 11.3 Å². The fourth-order valence-corrected chi connectivity index (χ4v) is 1.31. The maximum absolute atomic E-state index is 10.9. The van der Waals surface area contributed by atoms with Gasteiger partial charge >= 0.3 is 41.5 Å². The van der Waals surface area contributed by atoms with Crippen LogP contribution in [-0.2, 0) is 9.59 Å². The number of unbranched alkanes of at least 4 members (excludes halogenated alkanes) is 1. The molecule has 0 aromatic carbocycles. The van der Waals surface area contributed by atoms with E-state index in [1.807, 2.05) is 6.92 Å². The number of carbonyl (C=O) groups is 2. The zero-order valence-corrected chi connectivity index (χ0v) is 8.91. The third kappa shape index (κ3) is 4.13. The fraction of sp³-hybridized carbons (Fsp3) is 0.800. The predicted octanol–water partition coefficient (Wildman–Crippen LogP) is 1.34. The van der Waals surface area contributed by atoms with Crippen molar-refractivity contribution in [1.82, 2.24) is 0 Å². The average Bonchev–Trinajstić information content (AvgIpc) is 2.11. The Morgan fingerprint density at radius 1 is 1.27 bits per heavy atom. The summed E-state index contributed by atoms with van der Waals surface area (Å²) in [5.41, 5.74) is -1.66. The van der Waals surface area contributed by atoms with Crippen LogP contribution in [0.3, 0.4) is 0 Å². The van der Waals surface area contributed by atoms with E-state index in [9.17, 15) is 9.59 Å². The molecule has 0 radical (unpaired) electrons. The van der Waals surface area contributed by atoms with Gasteiger partial charge in [0.05, 0.1) is 0 Å². The van der Waals surface area contributed by atoms with Crippen LogP contribution in [0.5, 0.6) is 0 Å². The van der Waals surface area contributed by atoms with Gasteiger partial charge < -0.3 is 10.2 Å². The van der Waals surface area contributed by atoms with Crippen LogP contribution in [0.4, 0.5) is 0 Å². The van der Waals surface area contributed by atoms with Gasteiger partial charge in [-0.1, -0.05) is 26.7 Å². The summed E-state index contributed by atoms with van der Waals surface area (Å²) in [6, 6.07) is 0. The van der Waals surface area contributed by atoms with Crippen LogP contribution in [0.15, 0.2) is 0 Å². The second-order valence-corrected chi connectivity index (χ2v) is 3.86. The van der Waals surface area contributed by atoms with E-state index in [2.05, 4.69) is 0 Å². The van der Waals surface area contributed by atoms with Crippen molar-refractivity contribution in [3.63, 3.8) is 0 Å². The molecule has 0 aliphatic carbocycles. The van der Waals surface area contributed by atoms with Crippen molar-refractivity contribution in [3.8, 4) is 0 Å². The summed E-state index contributed by atoms with van der Waals surface area (Å²) in [7, 11) is 0. The van der Waals surface area contributed by atoms with Crippen molar-refractivity contribution in [1.29, 1.82) is 0 Å². The van der Waals surface area contributed by atoms with Gasteiger partial charge in [-0.15, -0.1) is 0 Å². The molecule has 0 heterocycles. The minimum absolute atomic E-state index is 0. The van der Waals surface area contributed by atoms with Crippen LogP contribution in [0, 0.1) is 11.3 Å². The molecule has 2 N–H and O–H groups in total. The molecule has 0 rings (SSSR count). The number of aliphatic carboxylic acids is 2. The van der Waals surface area contributed by atoms with Crippen molar-refractivity contribution >= 4 is 41.5 Å². The second kappa shape index (κ2) is 7.25. The molecule has 0 amide bonds. The number of hydrogen-bond acceptors (Lipinski definition) is 2.